The first kappa shape index (κ1) is 32.0. The van der Waals surface area contributed by atoms with Crippen LogP contribution in [0.1, 0.15) is 11.8 Å². The van der Waals surface area contributed by atoms with E-state index in [1.54, 1.807) is 25.1 Å². The SMILES string of the molecule is CN1C(=O)C(c2cc3cc(OCCOCCN(CC(=O)O)CC(=O)O)c(N(CC(=O)O)CC(=O)O)cc3o2)N(C)C1=S. The average molecular weight is 611 g/mol. The molecule has 0 bridgehead atoms. The summed E-state index contributed by atoms with van der Waals surface area (Å²) in [6.45, 7) is -2.32. The first-order valence-electron chi connectivity index (χ1n) is 12.4. The highest BCUT2D eigenvalue weighted by Crippen LogP contribution is 2.38. The molecule has 1 aromatic carbocycles. The van der Waals surface area contributed by atoms with Gasteiger partial charge in [0.2, 0.25) is 0 Å². The number of hydrogen-bond acceptors (Lipinski definition) is 11. The largest absolute Gasteiger partial charge is 0.489 e. The molecule has 2 heterocycles. The Kier molecular flexibility index (Phi) is 10.6. The van der Waals surface area contributed by atoms with Gasteiger partial charge in [-0.05, 0) is 24.4 Å². The Hall–Kier alpha value is -4.48. The molecule has 4 N–H and O–H groups in total. The minimum Gasteiger partial charge on any atom is -0.489 e. The maximum absolute atomic E-state index is 12.8. The van der Waals surface area contributed by atoms with E-state index in [1.807, 2.05) is 0 Å². The zero-order valence-electron chi connectivity index (χ0n) is 22.7. The molecule has 1 aliphatic rings. The van der Waals surface area contributed by atoms with Gasteiger partial charge in [0.15, 0.2) is 11.2 Å². The van der Waals surface area contributed by atoms with E-state index < -0.39 is 56.1 Å². The normalized spacial score (nSPS) is 15.1. The third kappa shape index (κ3) is 8.05. The van der Waals surface area contributed by atoms with Gasteiger partial charge < -0.3 is 44.1 Å². The van der Waals surface area contributed by atoms with Crippen LogP contribution in [0.4, 0.5) is 5.69 Å². The fourth-order valence-corrected chi connectivity index (χ4v) is 4.53. The number of thiocarbonyl (C=S) groups is 1. The first-order valence-corrected chi connectivity index (χ1v) is 12.9. The number of anilines is 1. The summed E-state index contributed by atoms with van der Waals surface area (Å²) in [5.41, 5.74) is 0.365. The number of benzene rings is 1. The van der Waals surface area contributed by atoms with E-state index in [0.717, 1.165) is 4.90 Å². The van der Waals surface area contributed by atoms with Crippen LogP contribution in [0.2, 0.25) is 0 Å². The van der Waals surface area contributed by atoms with Crippen LogP contribution < -0.4 is 9.64 Å². The van der Waals surface area contributed by atoms with Crippen molar-refractivity contribution in [2.24, 2.45) is 0 Å². The third-order valence-corrected chi connectivity index (χ3v) is 6.74. The number of carboxylic acids is 4. The standard InChI is InChI=1S/C25H30N4O12S/c1-26-23(24(38)27(2)25(26)42)18-8-14-7-17(15(9-16(14)41-18)29(12-21(34)35)13-22(36)37)40-6-5-39-4-3-28(10-19(30)31)11-20(32)33/h7-9,23H,3-6,10-13H2,1-2H3,(H,30,31)(H,32,33)(H,34,35)(H,36,37). The van der Waals surface area contributed by atoms with Crippen LogP contribution in [0.15, 0.2) is 22.6 Å². The van der Waals surface area contributed by atoms with Gasteiger partial charge in [-0.2, -0.15) is 0 Å². The molecule has 0 aliphatic carbocycles. The van der Waals surface area contributed by atoms with Crippen molar-refractivity contribution < 1.29 is 58.3 Å². The number of amides is 1. The van der Waals surface area contributed by atoms with Crippen LogP contribution in [-0.2, 0) is 28.7 Å². The van der Waals surface area contributed by atoms with Gasteiger partial charge in [0, 0.05) is 32.1 Å². The van der Waals surface area contributed by atoms with Gasteiger partial charge in [-0.1, -0.05) is 0 Å². The van der Waals surface area contributed by atoms with E-state index in [1.165, 1.54) is 21.9 Å². The molecule has 1 fully saturated rings. The summed E-state index contributed by atoms with van der Waals surface area (Å²) in [5.74, 6) is -4.85. The fourth-order valence-electron chi connectivity index (χ4n) is 4.33. The van der Waals surface area contributed by atoms with E-state index in [9.17, 15) is 34.2 Å². The zero-order valence-corrected chi connectivity index (χ0v) is 23.5. The molecule has 0 spiro atoms. The smallest absolute Gasteiger partial charge is 0.323 e. The number of fused-ring (bicyclic) bond motifs is 1. The number of furan rings is 1. The molecule has 42 heavy (non-hydrogen) atoms. The van der Waals surface area contributed by atoms with Crippen LogP contribution in [0.3, 0.4) is 0 Å². The monoisotopic (exact) mass is 610 g/mol. The van der Waals surface area contributed by atoms with Crippen LogP contribution in [0.25, 0.3) is 11.0 Å². The number of carboxylic acid groups (broad SMARTS) is 4. The molecular formula is C25H30N4O12S. The summed E-state index contributed by atoms with van der Waals surface area (Å²) in [5, 5.41) is 37.4. The number of hydrogen-bond donors (Lipinski definition) is 4. The Balaban J connectivity index is 1.81. The first-order chi connectivity index (χ1) is 19.8. The Bertz CT molecular complexity index is 1350. The van der Waals surface area contributed by atoms with Crippen LogP contribution in [0.5, 0.6) is 5.75 Å². The molecule has 1 unspecified atom stereocenters. The summed E-state index contributed by atoms with van der Waals surface area (Å²) in [4.78, 5) is 62.8. The fraction of sp³-hybridized carbons (Fsp3) is 0.440. The summed E-state index contributed by atoms with van der Waals surface area (Å²) in [6.07, 6.45) is 0. The van der Waals surface area contributed by atoms with Crippen LogP contribution >= 0.6 is 12.2 Å². The molecule has 2 aromatic rings. The number of rotatable bonds is 17. The lowest BCUT2D eigenvalue weighted by molar-refractivity contribution is -0.142. The summed E-state index contributed by atoms with van der Waals surface area (Å²) in [7, 11) is 3.19. The maximum Gasteiger partial charge on any atom is 0.323 e. The number of carbonyl (C=O) groups is 5. The van der Waals surface area contributed by atoms with Crippen molar-refractivity contribution in [3.05, 3.63) is 24.0 Å². The van der Waals surface area contributed by atoms with E-state index in [0.29, 0.717) is 10.5 Å². The van der Waals surface area contributed by atoms with Crippen molar-refractivity contribution in [1.82, 2.24) is 14.7 Å². The molecular weight excluding hydrogens is 580 g/mol. The average Bonchev–Trinajstić information content (AvgIpc) is 3.37. The second-order valence-electron chi connectivity index (χ2n) is 9.30. The van der Waals surface area contributed by atoms with Crippen LogP contribution in [-0.4, -0.2) is 137 Å². The van der Waals surface area contributed by atoms with E-state index >= 15 is 0 Å². The molecule has 1 aromatic heterocycles. The Morgan fingerprint density at radius 1 is 0.905 bits per heavy atom. The van der Waals surface area contributed by atoms with Crippen molar-refractivity contribution in [2.75, 3.05) is 71.5 Å². The van der Waals surface area contributed by atoms with Crippen molar-refractivity contribution >= 4 is 63.8 Å². The van der Waals surface area contributed by atoms with E-state index in [4.69, 9.17) is 36.3 Å². The number of carbonyl (C=O) groups excluding carboxylic acids is 1. The number of aliphatic carboxylic acids is 4. The molecule has 0 saturated carbocycles. The summed E-state index contributed by atoms with van der Waals surface area (Å²) < 4.78 is 17.2. The van der Waals surface area contributed by atoms with E-state index in [2.05, 4.69) is 0 Å². The minimum absolute atomic E-state index is 0.00427. The van der Waals surface area contributed by atoms with E-state index in [-0.39, 0.29) is 55.1 Å². The Morgan fingerprint density at radius 2 is 1.50 bits per heavy atom. The topological polar surface area (TPSA) is 211 Å². The third-order valence-electron chi connectivity index (χ3n) is 6.17. The molecule has 3 rings (SSSR count). The van der Waals surface area contributed by atoms with Crippen LogP contribution in [0, 0.1) is 0 Å². The summed E-state index contributed by atoms with van der Waals surface area (Å²) >= 11 is 5.27. The number of likely N-dealkylation sites (N-methyl/N-ethyl adjacent to an activating group) is 2. The van der Waals surface area contributed by atoms with Crippen molar-refractivity contribution in [3.63, 3.8) is 0 Å². The quantitative estimate of drug-likeness (QED) is 0.137. The predicted octanol–water partition coefficient (Wildman–Crippen LogP) is 0.00480. The van der Waals surface area contributed by atoms with Crippen molar-refractivity contribution in [2.45, 2.75) is 6.04 Å². The van der Waals surface area contributed by atoms with Gasteiger partial charge in [-0.3, -0.25) is 33.8 Å². The van der Waals surface area contributed by atoms with Gasteiger partial charge in [0.05, 0.1) is 32.0 Å². The maximum atomic E-state index is 12.8. The molecule has 1 atom stereocenters. The molecule has 1 aliphatic heterocycles. The van der Waals surface area contributed by atoms with Crippen molar-refractivity contribution in [3.8, 4) is 5.75 Å². The van der Waals surface area contributed by atoms with Crippen molar-refractivity contribution in [1.29, 1.82) is 0 Å². The second kappa shape index (κ2) is 13.9. The molecule has 16 nitrogen and oxygen atoms in total. The molecule has 0 radical (unpaired) electrons. The summed E-state index contributed by atoms with van der Waals surface area (Å²) in [6, 6.07) is 3.74. The van der Waals surface area contributed by atoms with Gasteiger partial charge in [0.1, 0.15) is 36.8 Å². The number of ether oxygens (including phenoxy) is 2. The Morgan fingerprint density at radius 3 is 2.02 bits per heavy atom. The van der Waals surface area contributed by atoms with Gasteiger partial charge in [-0.25, -0.2) is 0 Å². The lowest BCUT2D eigenvalue weighted by Gasteiger charge is -2.23. The molecule has 1 saturated heterocycles. The van der Waals surface area contributed by atoms with Gasteiger partial charge in [-0.15, -0.1) is 0 Å². The second-order valence-corrected chi connectivity index (χ2v) is 9.67. The highest BCUT2D eigenvalue weighted by Gasteiger charge is 2.41. The highest BCUT2D eigenvalue weighted by atomic mass is 32.1. The highest BCUT2D eigenvalue weighted by molar-refractivity contribution is 7.80. The molecule has 1 amide bonds. The molecule has 17 heteroatoms. The lowest BCUT2D eigenvalue weighted by Crippen LogP contribution is -2.37. The zero-order chi connectivity index (χ0) is 31.1. The number of nitrogens with zero attached hydrogens (tertiary/aromatic N) is 4. The minimum atomic E-state index is -1.28. The molecule has 228 valence electrons. The Labute approximate surface area is 244 Å². The van der Waals surface area contributed by atoms with Gasteiger partial charge >= 0.3 is 23.9 Å². The predicted molar refractivity (Wildman–Crippen MR) is 148 cm³/mol. The lowest BCUT2D eigenvalue weighted by atomic mass is 10.1. The van der Waals surface area contributed by atoms with Gasteiger partial charge in [0.25, 0.3) is 5.91 Å².